The Morgan fingerprint density at radius 1 is 1.08 bits per heavy atom. The van der Waals surface area contributed by atoms with Gasteiger partial charge in [-0.1, -0.05) is 30.3 Å². The molecule has 1 N–H and O–H groups in total. The SMILES string of the molecule is CN(C)C[C@@H](NC(=O)c1ccc(SC(F)(F)F)cc1)c1ccccc1. The number of nitrogens with zero attached hydrogens (tertiary/aromatic N) is 1. The normalized spacial score (nSPS) is 12.9. The van der Waals surface area contributed by atoms with Crippen molar-refractivity contribution in [3.05, 3.63) is 65.7 Å². The lowest BCUT2D eigenvalue weighted by atomic mass is 10.1. The van der Waals surface area contributed by atoms with E-state index in [1.165, 1.54) is 24.3 Å². The van der Waals surface area contributed by atoms with Gasteiger partial charge in [-0.05, 0) is 55.7 Å². The Hall–Kier alpha value is -1.99. The van der Waals surface area contributed by atoms with Gasteiger partial charge in [0.25, 0.3) is 5.91 Å². The molecule has 0 aliphatic carbocycles. The van der Waals surface area contributed by atoms with Crippen LogP contribution in [0.25, 0.3) is 0 Å². The van der Waals surface area contributed by atoms with Gasteiger partial charge in [-0.3, -0.25) is 4.79 Å². The summed E-state index contributed by atoms with van der Waals surface area (Å²) in [5.74, 6) is -0.320. The molecule has 25 heavy (non-hydrogen) atoms. The first-order valence-electron chi connectivity index (χ1n) is 7.61. The minimum absolute atomic E-state index is 0.0527. The number of carbonyl (C=O) groups is 1. The van der Waals surface area contributed by atoms with Gasteiger partial charge in [-0.15, -0.1) is 0 Å². The first kappa shape index (κ1) is 19.3. The van der Waals surface area contributed by atoms with Crippen molar-refractivity contribution < 1.29 is 18.0 Å². The molecule has 0 saturated carbocycles. The van der Waals surface area contributed by atoms with Crippen molar-refractivity contribution >= 4 is 17.7 Å². The fraction of sp³-hybridized carbons (Fsp3) is 0.278. The molecule has 1 amide bonds. The number of rotatable bonds is 6. The molecule has 0 radical (unpaired) electrons. The smallest absolute Gasteiger partial charge is 0.344 e. The van der Waals surface area contributed by atoms with E-state index in [1.807, 2.05) is 49.3 Å². The molecule has 0 bridgehead atoms. The predicted octanol–water partition coefficient (Wildman–Crippen LogP) is 4.33. The molecule has 0 fully saturated rings. The number of carbonyl (C=O) groups excluding carboxylic acids is 1. The summed E-state index contributed by atoms with van der Waals surface area (Å²) < 4.78 is 37.1. The molecule has 0 unspecified atom stereocenters. The van der Waals surface area contributed by atoms with Crippen LogP contribution in [0, 0.1) is 0 Å². The summed E-state index contributed by atoms with van der Waals surface area (Å²) in [7, 11) is 3.82. The van der Waals surface area contributed by atoms with Gasteiger partial charge in [0.15, 0.2) is 0 Å². The van der Waals surface area contributed by atoms with Crippen LogP contribution >= 0.6 is 11.8 Å². The molecule has 0 heterocycles. The number of benzene rings is 2. The van der Waals surface area contributed by atoms with Crippen LogP contribution in [0.2, 0.25) is 0 Å². The molecular formula is C18H19F3N2OS. The highest BCUT2D eigenvalue weighted by Crippen LogP contribution is 2.36. The van der Waals surface area contributed by atoms with Crippen molar-refractivity contribution in [1.29, 1.82) is 0 Å². The monoisotopic (exact) mass is 368 g/mol. The van der Waals surface area contributed by atoms with Crippen molar-refractivity contribution in [2.24, 2.45) is 0 Å². The van der Waals surface area contributed by atoms with E-state index < -0.39 is 5.51 Å². The van der Waals surface area contributed by atoms with Gasteiger partial charge in [0.2, 0.25) is 0 Å². The molecule has 0 saturated heterocycles. The average molecular weight is 368 g/mol. The second-order valence-corrected chi connectivity index (χ2v) is 6.91. The van der Waals surface area contributed by atoms with E-state index in [1.54, 1.807) is 0 Å². The van der Waals surface area contributed by atoms with Crippen molar-refractivity contribution in [2.45, 2.75) is 16.4 Å². The van der Waals surface area contributed by atoms with Crippen molar-refractivity contribution in [2.75, 3.05) is 20.6 Å². The zero-order valence-corrected chi connectivity index (χ0v) is 14.7. The summed E-state index contributed by atoms with van der Waals surface area (Å²) >= 11 is -0.198. The molecule has 1 atom stereocenters. The van der Waals surface area contributed by atoms with Gasteiger partial charge >= 0.3 is 5.51 Å². The lowest BCUT2D eigenvalue weighted by Gasteiger charge is -2.23. The molecule has 3 nitrogen and oxygen atoms in total. The first-order chi connectivity index (χ1) is 11.7. The van der Waals surface area contributed by atoms with Gasteiger partial charge in [0.1, 0.15) is 0 Å². The van der Waals surface area contributed by atoms with Gasteiger partial charge in [0.05, 0.1) is 6.04 Å². The maximum Gasteiger partial charge on any atom is 0.446 e. The molecule has 7 heteroatoms. The second kappa shape index (κ2) is 8.40. The highest BCUT2D eigenvalue weighted by atomic mass is 32.2. The average Bonchev–Trinajstić information content (AvgIpc) is 2.54. The van der Waals surface area contributed by atoms with Gasteiger partial charge < -0.3 is 10.2 Å². The topological polar surface area (TPSA) is 32.3 Å². The Labute approximate surface area is 149 Å². The van der Waals surface area contributed by atoms with E-state index in [4.69, 9.17) is 0 Å². The minimum Gasteiger partial charge on any atom is -0.344 e. The number of hydrogen-bond donors (Lipinski definition) is 1. The Kier molecular flexibility index (Phi) is 6.50. The van der Waals surface area contributed by atoms with Crippen LogP contribution in [0.3, 0.4) is 0 Å². The molecule has 2 rings (SSSR count). The number of hydrogen-bond acceptors (Lipinski definition) is 3. The van der Waals surface area contributed by atoms with Crippen LogP contribution in [0.1, 0.15) is 22.0 Å². The lowest BCUT2D eigenvalue weighted by molar-refractivity contribution is -0.0328. The Bertz CT molecular complexity index is 688. The molecule has 0 aliphatic heterocycles. The van der Waals surface area contributed by atoms with Crippen molar-refractivity contribution in [3.8, 4) is 0 Å². The van der Waals surface area contributed by atoms with Gasteiger partial charge in [-0.25, -0.2) is 0 Å². The fourth-order valence-corrected chi connectivity index (χ4v) is 2.87. The maximum absolute atomic E-state index is 12.4. The zero-order valence-electron chi connectivity index (χ0n) is 13.9. The predicted molar refractivity (Wildman–Crippen MR) is 93.6 cm³/mol. The van der Waals surface area contributed by atoms with Crippen molar-refractivity contribution in [1.82, 2.24) is 10.2 Å². The third kappa shape index (κ3) is 6.43. The standard InChI is InChI=1S/C18H19F3N2OS/c1-23(2)12-16(13-6-4-3-5-7-13)22-17(24)14-8-10-15(11-9-14)25-18(19,20)21/h3-11,16H,12H2,1-2H3,(H,22,24)/t16-/m1/s1. The van der Waals surface area contributed by atoms with E-state index in [0.717, 1.165) is 5.56 Å². The van der Waals surface area contributed by atoms with E-state index in [2.05, 4.69) is 5.32 Å². The summed E-state index contributed by atoms with van der Waals surface area (Å²) in [6, 6.07) is 14.7. The Morgan fingerprint density at radius 3 is 2.20 bits per heavy atom. The van der Waals surface area contributed by atoms with Crippen LogP contribution in [-0.4, -0.2) is 37.0 Å². The Morgan fingerprint density at radius 2 is 1.68 bits per heavy atom. The third-order valence-electron chi connectivity index (χ3n) is 3.41. The number of likely N-dealkylation sites (N-methyl/N-ethyl adjacent to an activating group) is 1. The van der Waals surface area contributed by atoms with E-state index in [9.17, 15) is 18.0 Å². The third-order valence-corrected chi connectivity index (χ3v) is 4.14. The number of nitrogens with one attached hydrogen (secondary N) is 1. The minimum atomic E-state index is -4.34. The zero-order chi connectivity index (χ0) is 18.4. The summed E-state index contributed by atoms with van der Waals surface area (Å²) in [4.78, 5) is 14.5. The highest BCUT2D eigenvalue weighted by molar-refractivity contribution is 8.00. The summed E-state index contributed by atoms with van der Waals surface area (Å²) in [5, 5.41) is 2.94. The summed E-state index contributed by atoms with van der Waals surface area (Å²) in [5.41, 5.74) is -3.05. The first-order valence-corrected chi connectivity index (χ1v) is 8.42. The molecule has 134 valence electrons. The number of alkyl halides is 3. The molecular weight excluding hydrogens is 349 g/mol. The second-order valence-electron chi connectivity index (χ2n) is 5.77. The van der Waals surface area contributed by atoms with E-state index in [-0.39, 0.29) is 28.6 Å². The van der Waals surface area contributed by atoms with Crippen LogP contribution in [-0.2, 0) is 0 Å². The number of amides is 1. The van der Waals surface area contributed by atoms with Crippen LogP contribution in [0.15, 0.2) is 59.5 Å². The van der Waals surface area contributed by atoms with Gasteiger partial charge in [0, 0.05) is 17.0 Å². The summed E-state index contributed by atoms with van der Waals surface area (Å²) in [6.07, 6.45) is 0. The van der Waals surface area contributed by atoms with Crippen molar-refractivity contribution in [3.63, 3.8) is 0 Å². The molecule has 0 aromatic heterocycles. The van der Waals surface area contributed by atoms with E-state index in [0.29, 0.717) is 12.1 Å². The van der Waals surface area contributed by atoms with Crippen LogP contribution in [0.4, 0.5) is 13.2 Å². The number of thioether (sulfide) groups is 1. The van der Waals surface area contributed by atoms with E-state index >= 15 is 0 Å². The maximum atomic E-state index is 12.4. The lowest BCUT2D eigenvalue weighted by Crippen LogP contribution is -2.35. The van der Waals surface area contributed by atoms with Crippen LogP contribution in [0.5, 0.6) is 0 Å². The highest BCUT2D eigenvalue weighted by Gasteiger charge is 2.29. The summed E-state index contributed by atoms with van der Waals surface area (Å²) in [6.45, 7) is 0.609. The Balaban J connectivity index is 2.10. The number of halogens is 3. The molecule has 2 aromatic carbocycles. The molecule has 2 aromatic rings. The quantitative estimate of drug-likeness (QED) is 0.770. The van der Waals surface area contributed by atoms with Gasteiger partial charge in [-0.2, -0.15) is 13.2 Å². The largest absolute Gasteiger partial charge is 0.446 e. The molecule has 0 aliphatic rings. The molecule has 0 spiro atoms. The fourth-order valence-electron chi connectivity index (χ4n) is 2.33. The van der Waals surface area contributed by atoms with Crippen LogP contribution < -0.4 is 5.32 Å².